The monoisotopic (exact) mass is 402 g/mol. The van der Waals surface area contributed by atoms with Gasteiger partial charge in [-0.2, -0.15) is 0 Å². The third-order valence-electron chi connectivity index (χ3n) is 3.94. The van der Waals surface area contributed by atoms with Crippen molar-refractivity contribution in [2.24, 2.45) is 0 Å². The van der Waals surface area contributed by atoms with Crippen LogP contribution in [0.5, 0.6) is 11.5 Å². The lowest BCUT2D eigenvalue weighted by atomic mass is 10.1. The summed E-state index contributed by atoms with van der Waals surface area (Å²) in [6.45, 7) is 5.22. The summed E-state index contributed by atoms with van der Waals surface area (Å²) in [6, 6.07) is 9.36. The van der Waals surface area contributed by atoms with Gasteiger partial charge in [0.05, 0.1) is 24.7 Å². The van der Waals surface area contributed by atoms with Crippen LogP contribution < -0.4 is 14.8 Å². The normalized spacial score (nSPS) is 11.3. The van der Waals surface area contributed by atoms with E-state index in [0.717, 1.165) is 17.7 Å². The van der Waals surface area contributed by atoms with Gasteiger partial charge in [0.2, 0.25) is 0 Å². The minimum Gasteiger partial charge on any atom is -0.493 e. The molecular formula is C20H22N2O7. The highest BCUT2D eigenvalue weighted by atomic mass is 16.6. The van der Waals surface area contributed by atoms with Crippen molar-refractivity contribution in [1.29, 1.82) is 0 Å². The lowest BCUT2D eigenvalue weighted by Crippen LogP contribution is -2.30. The number of nitrogens with zero attached hydrogens (tertiary/aromatic N) is 1. The first-order valence-electron chi connectivity index (χ1n) is 8.84. The van der Waals surface area contributed by atoms with Crippen molar-refractivity contribution in [3.63, 3.8) is 0 Å². The van der Waals surface area contributed by atoms with Crippen LogP contribution in [0, 0.1) is 17.0 Å². The Morgan fingerprint density at radius 2 is 1.93 bits per heavy atom. The van der Waals surface area contributed by atoms with Crippen LogP contribution in [0.15, 0.2) is 36.4 Å². The number of hydrogen-bond donors (Lipinski definition) is 1. The summed E-state index contributed by atoms with van der Waals surface area (Å²) < 4.78 is 15.6. The number of anilines is 1. The molecule has 0 saturated carbocycles. The predicted octanol–water partition coefficient (Wildman–Crippen LogP) is 3.49. The van der Waals surface area contributed by atoms with Crippen molar-refractivity contribution in [3.8, 4) is 11.5 Å². The summed E-state index contributed by atoms with van der Waals surface area (Å²) in [4.78, 5) is 35.5. The summed E-state index contributed by atoms with van der Waals surface area (Å²) in [5.41, 5.74) is 0.646. The van der Waals surface area contributed by atoms with Gasteiger partial charge in [-0.05, 0) is 38.5 Å². The second-order valence-corrected chi connectivity index (χ2v) is 6.12. The molecule has 0 unspecified atom stereocenters. The minimum atomic E-state index is -1.18. The van der Waals surface area contributed by atoms with Gasteiger partial charge in [0.1, 0.15) is 5.56 Å². The summed E-state index contributed by atoms with van der Waals surface area (Å²) in [5, 5.41) is 14.0. The summed E-state index contributed by atoms with van der Waals surface area (Å²) in [6.07, 6.45) is -1.18. The lowest BCUT2D eigenvalue weighted by Gasteiger charge is -2.15. The fourth-order valence-corrected chi connectivity index (χ4v) is 2.54. The Balaban J connectivity index is 2.22. The number of rotatable bonds is 8. The fraction of sp³-hybridized carbons (Fsp3) is 0.300. The Labute approximate surface area is 167 Å². The molecule has 0 fully saturated rings. The number of hydrogen-bond acceptors (Lipinski definition) is 7. The van der Waals surface area contributed by atoms with E-state index in [9.17, 15) is 19.7 Å². The van der Waals surface area contributed by atoms with Gasteiger partial charge in [-0.1, -0.05) is 12.1 Å². The molecular weight excluding hydrogens is 380 g/mol. The second kappa shape index (κ2) is 9.54. The van der Waals surface area contributed by atoms with E-state index in [4.69, 9.17) is 14.2 Å². The highest BCUT2D eigenvalue weighted by molar-refractivity contribution is 5.99. The molecule has 1 amide bonds. The van der Waals surface area contributed by atoms with Crippen LogP contribution in [-0.4, -0.2) is 36.6 Å². The van der Waals surface area contributed by atoms with Crippen LogP contribution in [0.2, 0.25) is 0 Å². The number of ether oxygens (including phenoxy) is 3. The number of methoxy groups -OCH3 is 1. The molecule has 9 heteroatoms. The van der Waals surface area contributed by atoms with Crippen molar-refractivity contribution in [2.45, 2.75) is 26.9 Å². The zero-order chi connectivity index (χ0) is 21.6. The van der Waals surface area contributed by atoms with Crippen LogP contribution in [0.25, 0.3) is 0 Å². The van der Waals surface area contributed by atoms with Crippen molar-refractivity contribution in [1.82, 2.24) is 0 Å². The minimum absolute atomic E-state index is 0.128. The van der Waals surface area contributed by atoms with Crippen LogP contribution in [0.1, 0.15) is 29.8 Å². The van der Waals surface area contributed by atoms with Gasteiger partial charge in [-0.15, -0.1) is 0 Å². The average molecular weight is 402 g/mol. The zero-order valence-corrected chi connectivity index (χ0v) is 16.6. The molecule has 0 aliphatic carbocycles. The predicted molar refractivity (Wildman–Crippen MR) is 106 cm³/mol. The molecule has 2 aromatic carbocycles. The third kappa shape index (κ3) is 5.44. The van der Waals surface area contributed by atoms with Crippen molar-refractivity contribution in [3.05, 3.63) is 57.6 Å². The van der Waals surface area contributed by atoms with Crippen LogP contribution in [0.4, 0.5) is 11.4 Å². The fourth-order valence-electron chi connectivity index (χ4n) is 2.54. The van der Waals surface area contributed by atoms with Gasteiger partial charge in [-0.3, -0.25) is 14.9 Å². The second-order valence-electron chi connectivity index (χ2n) is 6.12. The molecule has 0 aromatic heterocycles. The van der Waals surface area contributed by atoms with Gasteiger partial charge in [-0.25, -0.2) is 4.79 Å². The molecule has 0 radical (unpaired) electrons. The maximum Gasteiger partial charge on any atom is 0.346 e. The number of nitrogens with one attached hydrogen (secondary N) is 1. The molecule has 154 valence electrons. The number of amides is 1. The van der Waals surface area contributed by atoms with E-state index in [1.807, 2.05) is 13.0 Å². The van der Waals surface area contributed by atoms with Gasteiger partial charge in [0, 0.05) is 11.8 Å². The number of nitro groups is 1. The van der Waals surface area contributed by atoms with E-state index in [2.05, 4.69) is 5.32 Å². The highest BCUT2D eigenvalue weighted by Gasteiger charge is 2.28. The molecule has 1 atom stereocenters. The molecule has 29 heavy (non-hydrogen) atoms. The number of esters is 1. The van der Waals surface area contributed by atoms with Crippen molar-refractivity contribution < 1.29 is 28.7 Å². The van der Waals surface area contributed by atoms with Gasteiger partial charge >= 0.3 is 5.97 Å². The first-order chi connectivity index (χ1) is 13.8. The first-order valence-corrected chi connectivity index (χ1v) is 8.84. The summed E-state index contributed by atoms with van der Waals surface area (Å²) in [7, 11) is 1.34. The Morgan fingerprint density at radius 3 is 2.52 bits per heavy atom. The number of aryl methyl sites for hydroxylation is 1. The van der Waals surface area contributed by atoms with Crippen LogP contribution in [0.3, 0.4) is 0 Å². The molecule has 0 aliphatic heterocycles. The Morgan fingerprint density at radius 1 is 1.21 bits per heavy atom. The Hall–Kier alpha value is -3.62. The molecule has 0 spiro atoms. The molecule has 0 bridgehead atoms. The number of carbonyl (C=O) groups is 2. The number of carbonyl (C=O) groups excluding carboxylic acids is 2. The maximum absolute atomic E-state index is 12.5. The quantitative estimate of drug-likeness (QED) is 0.408. The molecule has 0 heterocycles. The van der Waals surface area contributed by atoms with Crippen molar-refractivity contribution in [2.75, 3.05) is 19.0 Å². The topological polar surface area (TPSA) is 117 Å². The average Bonchev–Trinajstić information content (AvgIpc) is 2.67. The molecule has 1 N–H and O–H groups in total. The highest BCUT2D eigenvalue weighted by Crippen LogP contribution is 2.35. The third-order valence-corrected chi connectivity index (χ3v) is 3.94. The molecule has 0 aliphatic rings. The summed E-state index contributed by atoms with van der Waals surface area (Å²) in [5.74, 6) is -1.32. The standard InChI is InChI=1S/C20H22N2O7/c1-5-28-18-11-16(22(25)26)15(10-17(18)27-4)20(24)29-13(3)19(23)21-14-8-6-7-12(2)9-14/h6-11,13H,5H2,1-4H3,(H,21,23)/t13-/m0/s1. The number of nitro benzene ring substituents is 1. The first kappa shape index (κ1) is 21.7. The molecule has 2 rings (SSSR count). The van der Waals surface area contributed by atoms with E-state index in [-0.39, 0.29) is 23.7 Å². The van der Waals surface area contributed by atoms with E-state index >= 15 is 0 Å². The molecule has 0 saturated heterocycles. The van der Waals surface area contributed by atoms with E-state index in [0.29, 0.717) is 5.69 Å². The van der Waals surface area contributed by atoms with E-state index in [1.165, 1.54) is 14.0 Å². The van der Waals surface area contributed by atoms with E-state index in [1.54, 1.807) is 25.1 Å². The largest absolute Gasteiger partial charge is 0.493 e. The van der Waals surface area contributed by atoms with E-state index < -0.39 is 28.6 Å². The number of benzene rings is 2. The summed E-state index contributed by atoms with van der Waals surface area (Å²) >= 11 is 0. The van der Waals surface area contributed by atoms with Crippen molar-refractivity contribution >= 4 is 23.3 Å². The van der Waals surface area contributed by atoms with Gasteiger partial charge < -0.3 is 19.5 Å². The van der Waals surface area contributed by atoms with Gasteiger partial charge in [0.25, 0.3) is 11.6 Å². The smallest absolute Gasteiger partial charge is 0.346 e. The Kier molecular flexibility index (Phi) is 7.13. The maximum atomic E-state index is 12.5. The molecule has 2 aromatic rings. The lowest BCUT2D eigenvalue weighted by molar-refractivity contribution is -0.385. The zero-order valence-electron chi connectivity index (χ0n) is 16.6. The van der Waals surface area contributed by atoms with Gasteiger partial charge in [0.15, 0.2) is 17.6 Å². The molecule has 9 nitrogen and oxygen atoms in total. The van der Waals surface area contributed by atoms with Crippen LogP contribution >= 0.6 is 0 Å². The Bertz CT molecular complexity index is 927. The van der Waals surface area contributed by atoms with Crippen LogP contribution in [-0.2, 0) is 9.53 Å². The SMILES string of the molecule is CCOc1cc([N+](=O)[O-])c(C(=O)O[C@@H](C)C(=O)Nc2cccc(C)c2)cc1OC.